The molecule has 1 aromatic heterocycles. The number of ether oxygens (including phenoxy) is 1. The zero-order valence-corrected chi connectivity index (χ0v) is 19.1. The van der Waals surface area contributed by atoms with Gasteiger partial charge in [-0.2, -0.15) is 0 Å². The van der Waals surface area contributed by atoms with E-state index >= 15 is 0 Å². The van der Waals surface area contributed by atoms with Gasteiger partial charge in [0.1, 0.15) is 17.5 Å². The first-order chi connectivity index (χ1) is 16.9. The van der Waals surface area contributed by atoms with Crippen molar-refractivity contribution in [2.45, 2.75) is 20.0 Å². The van der Waals surface area contributed by atoms with Gasteiger partial charge in [-0.25, -0.2) is 9.59 Å². The molecule has 4 aromatic rings. The number of benzene rings is 3. The highest BCUT2D eigenvalue weighted by atomic mass is 16.6. The van der Waals surface area contributed by atoms with Crippen LogP contribution in [0.1, 0.15) is 45.8 Å². The quantitative estimate of drug-likeness (QED) is 0.347. The second-order valence-corrected chi connectivity index (χ2v) is 7.77. The normalized spacial score (nSPS) is 11.1. The Morgan fingerprint density at radius 2 is 1.69 bits per heavy atom. The van der Waals surface area contributed by atoms with Gasteiger partial charge in [0.05, 0.1) is 5.56 Å². The van der Waals surface area contributed by atoms with Gasteiger partial charge in [-0.15, -0.1) is 0 Å². The van der Waals surface area contributed by atoms with Crippen LogP contribution in [-0.4, -0.2) is 22.3 Å². The minimum absolute atomic E-state index is 0.185. The standard InChI is InChI=1S/C28H22N2O5/c1-18-25(29-28(33)34-19(2)22-8-4-3-5-9-22)26(35-30-18)23-15-13-20(14-16-23)11-12-21-7-6-10-24(17-21)27(31)32/h3-10,13-17,19H,1-2H3,(H,29,33)(H,31,32)/t19-/m1/s1. The third kappa shape index (κ3) is 5.75. The number of aromatic nitrogens is 1. The third-order valence-corrected chi connectivity index (χ3v) is 5.25. The van der Waals surface area contributed by atoms with E-state index in [0.29, 0.717) is 28.3 Å². The second kappa shape index (κ2) is 10.4. The van der Waals surface area contributed by atoms with Crippen molar-refractivity contribution in [2.75, 3.05) is 5.32 Å². The lowest BCUT2D eigenvalue weighted by Gasteiger charge is -2.14. The first-order valence-corrected chi connectivity index (χ1v) is 10.9. The van der Waals surface area contributed by atoms with Crippen molar-refractivity contribution in [2.24, 2.45) is 0 Å². The molecule has 0 aliphatic carbocycles. The van der Waals surface area contributed by atoms with Crippen molar-refractivity contribution >= 4 is 17.7 Å². The van der Waals surface area contributed by atoms with E-state index in [-0.39, 0.29) is 5.56 Å². The zero-order valence-electron chi connectivity index (χ0n) is 19.1. The van der Waals surface area contributed by atoms with Gasteiger partial charge in [0, 0.05) is 16.7 Å². The maximum Gasteiger partial charge on any atom is 0.412 e. The fourth-order valence-electron chi connectivity index (χ4n) is 3.38. The van der Waals surface area contributed by atoms with Crippen molar-refractivity contribution in [3.63, 3.8) is 0 Å². The molecular formula is C28H22N2O5. The van der Waals surface area contributed by atoms with Gasteiger partial charge in [-0.05, 0) is 61.9 Å². The lowest BCUT2D eigenvalue weighted by molar-refractivity contribution is 0.0696. The molecule has 3 aromatic carbocycles. The number of amides is 1. The highest BCUT2D eigenvalue weighted by Crippen LogP contribution is 2.31. The number of hydrogen-bond acceptors (Lipinski definition) is 5. The monoisotopic (exact) mass is 466 g/mol. The van der Waals surface area contributed by atoms with E-state index in [1.165, 1.54) is 12.1 Å². The van der Waals surface area contributed by atoms with Crippen LogP contribution in [0.25, 0.3) is 11.3 Å². The molecule has 1 amide bonds. The Labute approximate surface area is 202 Å². The third-order valence-electron chi connectivity index (χ3n) is 5.25. The first-order valence-electron chi connectivity index (χ1n) is 10.9. The Morgan fingerprint density at radius 3 is 2.40 bits per heavy atom. The number of nitrogens with one attached hydrogen (secondary N) is 1. The van der Waals surface area contributed by atoms with E-state index in [1.54, 1.807) is 50.2 Å². The van der Waals surface area contributed by atoms with Crippen LogP contribution in [0.15, 0.2) is 83.4 Å². The molecule has 0 aliphatic heterocycles. The summed E-state index contributed by atoms with van der Waals surface area (Å²) in [4.78, 5) is 23.6. The molecule has 7 nitrogen and oxygen atoms in total. The number of aryl methyl sites for hydroxylation is 1. The highest BCUT2D eigenvalue weighted by molar-refractivity contribution is 5.91. The molecule has 0 bridgehead atoms. The van der Waals surface area contributed by atoms with Crippen LogP contribution in [0.4, 0.5) is 10.5 Å². The number of carbonyl (C=O) groups excluding carboxylic acids is 1. The Kier molecular flexibility index (Phi) is 6.94. The van der Waals surface area contributed by atoms with Crippen LogP contribution in [0.3, 0.4) is 0 Å². The van der Waals surface area contributed by atoms with Crippen LogP contribution >= 0.6 is 0 Å². The molecule has 0 aliphatic rings. The van der Waals surface area contributed by atoms with Crippen molar-refractivity contribution < 1.29 is 24.0 Å². The van der Waals surface area contributed by atoms with Crippen molar-refractivity contribution in [3.8, 4) is 23.2 Å². The van der Waals surface area contributed by atoms with Crippen molar-refractivity contribution in [3.05, 3.63) is 107 Å². The summed E-state index contributed by atoms with van der Waals surface area (Å²) < 4.78 is 11.0. The Hall–Kier alpha value is -4.83. The van der Waals surface area contributed by atoms with Gasteiger partial charge >= 0.3 is 12.1 Å². The fraction of sp³-hybridized carbons (Fsp3) is 0.107. The molecule has 4 rings (SSSR count). The number of nitrogens with zero attached hydrogens (tertiary/aromatic N) is 1. The molecular weight excluding hydrogens is 444 g/mol. The fourth-order valence-corrected chi connectivity index (χ4v) is 3.38. The molecule has 1 atom stereocenters. The molecule has 0 saturated heterocycles. The Bertz CT molecular complexity index is 1410. The van der Waals surface area contributed by atoms with E-state index in [0.717, 1.165) is 11.1 Å². The van der Waals surface area contributed by atoms with Crippen LogP contribution < -0.4 is 5.32 Å². The molecule has 0 unspecified atom stereocenters. The van der Waals surface area contributed by atoms with Gasteiger partial charge in [-0.3, -0.25) is 5.32 Å². The van der Waals surface area contributed by atoms with E-state index in [9.17, 15) is 9.59 Å². The number of rotatable bonds is 5. The van der Waals surface area contributed by atoms with Crippen LogP contribution in [0.5, 0.6) is 0 Å². The van der Waals surface area contributed by atoms with Gasteiger partial charge in [-0.1, -0.05) is 53.4 Å². The Morgan fingerprint density at radius 1 is 0.971 bits per heavy atom. The summed E-state index contributed by atoms with van der Waals surface area (Å²) in [5.74, 6) is 5.39. The van der Waals surface area contributed by atoms with Gasteiger partial charge < -0.3 is 14.4 Å². The average Bonchev–Trinajstić information content (AvgIpc) is 3.23. The van der Waals surface area contributed by atoms with Crippen molar-refractivity contribution in [1.82, 2.24) is 5.16 Å². The number of hydrogen-bond donors (Lipinski definition) is 2. The SMILES string of the molecule is Cc1noc(-c2ccc(C#Cc3cccc(C(=O)O)c3)cc2)c1NC(=O)O[C@H](C)c1ccccc1. The van der Waals surface area contributed by atoms with Crippen LogP contribution in [0, 0.1) is 18.8 Å². The molecule has 2 N–H and O–H groups in total. The summed E-state index contributed by atoms with van der Waals surface area (Å²) in [5, 5.41) is 15.8. The van der Waals surface area contributed by atoms with Crippen LogP contribution in [0.2, 0.25) is 0 Å². The van der Waals surface area contributed by atoms with Crippen molar-refractivity contribution in [1.29, 1.82) is 0 Å². The second-order valence-electron chi connectivity index (χ2n) is 7.77. The summed E-state index contributed by atoms with van der Waals surface area (Å²) in [5.41, 5.74) is 4.06. The molecule has 35 heavy (non-hydrogen) atoms. The molecule has 0 fully saturated rings. The average molecular weight is 466 g/mol. The van der Waals surface area contributed by atoms with Gasteiger partial charge in [0.15, 0.2) is 5.76 Å². The highest BCUT2D eigenvalue weighted by Gasteiger charge is 2.19. The molecule has 0 saturated carbocycles. The first kappa shape index (κ1) is 23.3. The van der Waals surface area contributed by atoms with E-state index in [2.05, 4.69) is 22.3 Å². The summed E-state index contributed by atoms with van der Waals surface area (Å²) in [6.45, 7) is 3.53. The summed E-state index contributed by atoms with van der Waals surface area (Å²) in [6, 6.07) is 23.1. The topological polar surface area (TPSA) is 102 Å². The molecule has 174 valence electrons. The number of carboxylic acids is 1. The van der Waals surface area contributed by atoms with Crippen LogP contribution in [-0.2, 0) is 4.74 Å². The lowest BCUT2D eigenvalue weighted by Crippen LogP contribution is -2.16. The van der Waals surface area contributed by atoms with Gasteiger partial charge in [0.25, 0.3) is 0 Å². The predicted molar refractivity (Wildman–Crippen MR) is 131 cm³/mol. The molecule has 0 radical (unpaired) electrons. The minimum Gasteiger partial charge on any atom is -0.478 e. The van der Waals surface area contributed by atoms with E-state index < -0.39 is 18.2 Å². The lowest BCUT2D eigenvalue weighted by atomic mass is 10.1. The van der Waals surface area contributed by atoms with E-state index in [4.69, 9.17) is 14.4 Å². The summed E-state index contributed by atoms with van der Waals surface area (Å²) in [6.07, 6.45) is -1.03. The largest absolute Gasteiger partial charge is 0.478 e. The summed E-state index contributed by atoms with van der Waals surface area (Å²) >= 11 is 0. The number of aromatic carboxylic acids is 1. The predicted octanol–water partition coefficient (Wildman–Crippen LogP) is 6.06. The van der Waals surface area contributed by atoms with Gasteiger partial charge in [0.2, 0.25) is 0 Å². The minimum atomic E-state index is -0.997. The zero-order chi connectivity index (χ0) is 24.8. The number of anilines is 1. The molecule has 1 heterocycles. The molecule has 7 heteroatoms. The number of carbonyl (C=O) groups is 2. The number of carboxylic acid groups (broad SMARTS) is 1. The maximum absolute atomic E-state index is 12.5. The summed E-state index contributed by atoms with van der Waals surface area (Å²) in [7, 11) is 0. The maximum atomic E-state index is 12.5. The smallest absolute Gasteiger partial charge is 0.412 e. The molecule has 0 spiro atoms. The van der Waals surface area contributed by atoms with E-state index in [1.807, 2.05) is 30.3 Å². The Balaban J connectivity index is 1.48.